The number of aryl methyl sites for hydroxylation is 1. The van der Waals surface area contributed by atoms with E-state index in [0.29, 0.717) is 19.1 Å². The monoisotopic (exact) mass is 786 g/mol. The van der Waals surface area contributed by atoms with Gasteiger partial charge in [0, 0.05) is 39.4 Å². The lowest BCUT2D eigenvalue weighted by Crippen LogP contribution is -2.61. The average molecular weight is 787 g/mol. The summed E-state index contributed by atoms with van der Waals surface area (Å²) < 4.78 is 14.2. The van der Waals surface area contributed by atoms with Crippen molar-refractivity contribution in [1.29, 1.82) is 0 Å². The van der Waals surface area contributed by atoms with E-state index in [1.807, 2.05) is 11.3 Å². The van der Waals surface area contributed by atoms with Gasteiger partial charge in [-0.15, -0.1) is 11.3 Å². The minimum absolute atomic E-state index is 0.00794. The zero-order valence-electron chi connectivity index (χ0n) is 36.9. The number of fused-ring (bicyclic) bond motifs is 7. The zero-order chi connectivity index (χ0) is 41.2. The lowest BCUT2D eigenvalue weighted by molar-refractivity contribution is 0.296. The van der Waals surface area contributed by atoms with Gasteiger partial charge in [0.05, 0.1) is 23.9 Å². The van der Waals surface area contributed by atoms with Crippen LogP contribution in [-0.4, -0.2) is 19.9 Å². The first-order valence-electron chi connectivity index (χ1n) is 21.3. The fourth-order valence-electron chi connectivity index (χ4n) is 9.38. The highest BCUT2D eigenvalue weighted by Gasteiger charge is 2.47. The maximum absolute atomic E-state index is 6.54. The molecular formula is C52H59BN2O2S. The highest BCUT2D eigenvalue weighted by molar-refractivity contribution is 7.26. The molecule has 0 N–H and O–H groups in total. The Kier molecular flexibility index (Phi) is 8.99. The van der Waals surface area contributed by atoms with Crippen LogP contribution in [-0.2, 0) is 16.2 Å². The molecule has 0 atom stereocenters. The second kappa shape index (κ2) is 13.4. The number of hydrogen-bond donors (Lipinski definition) is 0. The van der Waals surface area contributed by atoms with Crippen molar-refractivity contribution in [1.82, 2.24) is 0 Å². The van der Waals surface area contributed by atoms with Gasteiger partial charge in [0.2, 0.25) is 0 Å². The van der Waals surface area contributed by atoms with Crippen molar-refractivity contribution < 1.29 is 9.47 Å². The maximum Gasteiger partial charge on any atom is 0.254 e. The largest absolute Gasteiger partial charge is 0.490 e. The molecule has 0 saturated heterocycles. The highest BCUT2D eigenvalue weighted by Crippen LogP contribution is 2.53. The molecule has 0 fully saturated rings. The van der Waals surface area contributed by atoms with Gasteiger partial charge in [-0.05, 0) is 128 Å². The van der Waals surface area contributed by atoms with Crippen molar-refractivity contribution in [2.45, 2.75) is 119 Å². The lowest BCUT2D eigenvalue weighted by atomic mass is 9.33. The van der Waals surface area contributed by atoms with E-state index < -0.39 is 0 Å². The summed E-state index contributed by atoms with van der Waals surface area (Å²) in [7, 11) is 0. The molecule has 9 rings (SSSR count). The van der Waals surface area contributed by atoms with Gasteiger partial charge >= 0.3 is 0 Å². The van der Waals surface area contributed by atoms with Crippen molar-refractivity contribution in [3.05, 3.63) is 112 Å². The summed E-state index contributed by atoms with van der Waals surface area (Å²) in [6, 6.07) is 31.1. The van der Waals surface area contributed by atoms with Gasteiger partial charge in [-0.3, -0.25) is 0 Å². The first-order valence-corrected chi connectivity index (χ1v) is 22.1. The number of benzene rings is 5. The van der Waals surface area contributed by atoms with E-state index in [1.165, 1.54) is 87.7 Å². The number of anilines is 6. The molecule has 5 aromatic carbocycles. The molecule has 0 spiro atoms. The SMILES string of the molecule is Cc1cc2c(c(C)c1N1c3cc(C(C)C)cc4c3B(c3cc(C(C)(C)C)ccc3N4c3ccc(C(C)(C)C)cc3)c3c1sc1ccc(C(C)(C)C)cc31)OCCCO2. The van der Waals surface area contributed by atoms with Gasteiger partial charge in [0.15, 0.2) is 11.5 Å². The third-order valence-corrected chi connectivity index (χ3v) is 13.9. The van der Waals surface area contributed by atoms with Crippen molar-refractivity contribution >= 4 is 78.0 Å². The molecule has 4 heterocycles. The molecule has 0 amide bonds. The molecule has 298 valence electrons. The Morgan fingerprint density at radius 2 is 1.24 bits per heavy atom. The summed E-state index contributed by atoms with van der Waals surface area (Å²) in [4.78, 5) is 5.19. The smallest absolute Gasteiger partial charge is 0.254 e. The van der Waals surface area contributed by atoms with E-state index in [-0.39, 0.29) is 23.0 Å². The second-order valence-corrected chi connectivity index (χ2v) is 21.4. The quantitative estimate of drug-likeness (QED) is 0.167. The minimum Gasteiger partial charge on any atom is -0.490 e. The summed E-state index contributed by atoms with van der Waals surface area (Å²) in [5.41, 5.74) is 18.0. The summed E-state index contributed by atoms with van der Waals surface area (Å²) in [5, 5.41) is 2.65. The van der Waals surface area contributed by atoms with E-state index in [2.05, 4.69) is 179 Å². The third kappa shape index (κ3) is 6.15. The van der Waals surface area contributed by atoms with E-state index in [0.717, 1.165) is 23.5 Å². The first kappa shape index (κ1) is 38.8. The van der Waals surface area contributed by atoms with Crippen LogP contribution in [0.4, 0.5) is 33.4 Å². The molecule has 3 aliphatic heterocycles. The van der Waals surface area contributed by atoms with Crippen LogP contribution in [0.2, 0.25) is 0 Å². The summed E-state index contributed by atoms with van der Waals surface area (Å²) in [6.07, 6.45) is 0.872. The molecule has 1 aromatic heterocycles. The van der Waals surface area contributed by atoms with Crippen molar-refractivity contribution in [3.63, 3.8) is 0 Å². The van der Waals surface area contributed by atoms with Gasteiger partial charge in [0.25, 0.3) is 6.71 Å². The average Bonchev–Trinajstić information content (AvgIpc) is 3.36. The maximum atomic E-state index is 6.54. The van der Waals surface area contributed by atoms with Gasteiger partial charge in [-0.1, -0.05) is 113 Å². The Labute approximate surface area is 351 Å². The summed E-state index contributed by atoms with van der Waals surface area (Å²) >= 11 is 1.93. The van der Waals surface area contributed by atoms with Gasteiger partial charge in [-0.2, -0.15) is 0 Å². The number of nitrogens with zero attached hydrogens (tertiary/aromatic N) is 2. The zero-order valence-corrected chi connectivity index (χ0v) is 37.7. The van der Waals surface area contributed by atoms with Gasteiger partial charge in [-0.25, -0.2) is 0 Å². The predicted molar refractivity (Wildman–Crippen MR) is 251 cm³/mol. The fraction of sp³-hybridized carbons (Fsp3) is 0.385. The van der Waals surface area contributed by atoms with Crippen LogP contribution in [0.3, 0.4) is 0 Å². The number of hydrogen-bond acceptors (Lipinski definition) is 5. The molecule has 0 radical (unpaired) electrons. The van der Waals surface area contributed by atoms with Crippen LogP contribution in [0.25, 0.3) is 10.1 Å². The Hall–Kier alpha value is -4.68. The van der Waals surface area contributed by atoms with Crippen molar-refractivity contribution in [2.24, 2.45) is 0 Å². The normalized spacial score (nSPS) is 15.1. The molecule has 3 aliphatic rings. The van der Waals surface area contributed by atoms with Gasteiger partial charge < -0.3 is 19.3 Å². The first-order chi connectivity index (χ1) is 27.3. The number of thiophene rings is 1. The Morgan fingerprint density at radius 3 is 1.90 bits per heavy atom. The van der Waals surface area contributed by atoms with Crippen LogP contribution in [0.5, 0.6) is 11.5 Å². The molecular weight excluding hydrogens is 727 g/mol. The molecule has 6 aromatic rings. The molecule has 58 heavy (non-hydrogen) atoms. The highest BCUT2D eigenvalue weighted by atomic mass is 32.1. The molecule has 0 aliphatic carbocycles. The third-order valence-electron chi connectivity index (χ3n) is 12.8. The van der Waals surface area contributed by atoms with Crippen LogP contribution in [0.1, 0.15) is 122 Å². The van der Waals surface area contributed by atoms with Crippen molar-refractivity contribution in [3.8, 4) is 11.5 Å². The Morgan fingerprint density at radius 1 is 0.638 bits per heavy atom. The van der Waals surface area contributed by atoms with Gasteiger partial charge in [0.1, 0.15) is 0 Å². The molecule has 0 bridgehead atoms. The fourth-order valence-corrected chi connectivity index (χ4v) is 10.6. The summed E-state index contributed by atoms with van der Waals surface area (Å²) in [6.45, 7) is 31.4. The molecule has 6 heteroatoms. The van der Waals surface area contributed by atoms with E-state index >= 15 is 0 Å². The number of rotatable bonds is 3. The van der Waals surface area contributed by atoms with E-state index in [9.17, 15) is 0 Å². The molecule has 0 saturated carbocycles. The number of ether oxygens (including phenoxy) is 2. The van der Waals surface area contributed by atoms with Crippen LogP contribution in [0, 0.1) is 13.8 Å². The Bertz CT molecular complexity index is 2620. The van der Waals surface area contributed by atoms with Crippen LogP contribution in [0.15, 0.2) is 78.9 Å². The van der Waals surface area contributed by atoms with Crippen molar-refractivity contribution in [2.75, 3.05) is 23.0 Å². The van der Waals surface area contributed by atoms with Crippen LogP contribution < -0.4 is 35.7 Å². The Balaban J connectivity index is 1.44. The standard InChI is InChI=1S/C52H59BN2O2S/c1-30(2)33-26-41-46-42(27-33)55(47-31(3)25-43-48(32(47)4)57-24-14-23-56-43)49-45(38-28-35(51(8,9)10)18-22-44(38)58-49)53(46)39-29-36(52(11,12)13)17-21-40(39)54(41)37-19-15-34(16-20-37)50(5,6)7/h15-22,25-30H,14,23-24H2,1-13H3. The topological polar surface area (TPSA) is 24.9 Å². The minimum atomic E-state index is -0.0172. The molecule has 0 unspecified atom stereocenters. The lowest BCUT2D eigenvalue weighted by Gasteiger charge is -2.44. The van der Waals surface area contributed by atoms with Crippen LogP contribution >= 0.6 is 11.3 Å². The predicted octanol–water partition coefficient (Wildman–Crippen LogP) is 12.8. The molecule has 4 nitrogen and oxygen atoms in total. The van der Waals surface area contributed by atoms with E-state index in [4.69, 9.17) is 9.47 Å². The van der Waals surface area contributed by atoms with E-state index in [1.54, 1.807) is 0 Å². The second-order valence-electron chi connectivity index (χ2n) is 20.4. The summed E-state index contributed by atoms with van der Waals surface area (Å²) in [5.74, 6) is 2.04.